The Morgan fingerprint density at radius 3 is 2.59 bits per heavy atom. The number of hydrogen-bond acceptors (Lipinski definition) is 5. The van der Waals surface area contributed by atoms with Crippen LogP contribution in [-0.2, 0) is 9.53 Å². The molecular weight excluding hydrogens is 413 g/mol. The van der Waals surface area contributed by atoms with Gasteiger partial charge in [-0.2, -0.15) is 5.10 Å². The average molecular weight is 435 g/mol. The van der Waals surface area contributed by atoms with Gasteiger partial charge in [-0.15, -0.1) is 6.58 Å². The molecular formula is C24H22FN3O4. The van der Waals surface area contributed by atoms with Gasteiger partial charge in [0.2, 0.25) is 0 Å². The molecule has 0 saturated heterocycles. The van der Waals surface area contributed by atoms with Gasteiger partial charge in [-0.3, -0.25) is 4.79 Å². The number of methoxy groups -OCH3 is 2. The standard InChI is InChI=1S/C24H22FN3O4/c1-4-12-27-21(16-6-5-7-18(13-16)31-2)22(24(30)32-3)28-20(23(27)29)14-19(26-28)15-8-10-17(25)11-9-15/h4-11,13-14,21-22H,1,12H2,2-3H3/t21-,22+/m1/s1. The van der Waals surface area contributed by atoms with Crippen molar-refractivity contribution in [3.05, 3.63) is 84.3 Å². The van der Waals surface area contributed by atoms with Crippen molar-refractivity contribution in [2.75, 3.05) is 20.8 Å². The van der Waals surface area contributed by atoms with Crippen molar-refractivity contribution in [1.29, 1.82) is 0 Å². The maximum atomic E-state index is 13.5. The summed E-state index contributed by atoms with van der Waals surface area (Å²) in [5.41, 5.74) is 2.00. The minimum Gasteiger partial charge on any atom is -0.497 e. The third kappa shape index (κ3) is 3.64. The molecule has 2 atom stereocenters. The summed E-state index contributed by atoms with van der Waals surface area (Å²) < 4.78 is 25.2. The van der Waals surface area contributed by atoms with Gasteiger partial charge in [-0.1, -0.05) is 18.2 Å². The predicted octanol–water partition coefficient (Wildman–Crippen LogP) is 3.80. The Morgan fingerprint density at radius 1 is 1.19 bits per heavy atom. The first-order chi connectivity index (χ1) is 15.5. The fraction of sp³-hybridized carbons (Fsp3) is 0.208. The third-order valence-corrected chi connectivity index (χ3v) is 5.46. The number of carbonyl (C=O) groups excluding carboxylic acids is 2. The van der Waals surface area contributed by atoms with Crippen LogP contribution in [0.5, 0.6) is 5.75 Å². The van der Waals surface area contributed by atoms with E-state index in [1.807, 2.05) is 6.07 Å². The van der Waals surface area contributed by atoms with Gasteiger partial charge in [-0.25, -0.2) is 13.9 Å². The third-order valence-electron chi connectivity index (χ3n) is 5.46. The second-order valence-corrected chi connectivity index (χ2v) is 7.30. The highest BCUT2D eigenvalue weighted by molar-refractivity contribution is 5.97. The minimum absolute atomic E-state index is 0.214. The van der Waals surface area contributed by atoms with Crippen LogP contribution < -0.4 is 4.74 Å². The number of halogens is 1. The number of hydrogen-bond donors (Lipinski definition) is 0. The van der Waals surface area contributed by atoms with Crippen LogP contribution in [-0.4, -0.2) is 47.3 Å². The second-order valence-electron chi connectivity index (χ2n) is 7.30. The molecule has 0 saturated carbocycles. The SMILES string of the molecule is C=CCN1C(=O)c2cc(-c3ccc(F)cc3)nn2[C@H](C(=O)OC)[C@H]1c1cccc(OC)c1. The molecule has 0 bridgehead atoms. The number of esters is 1. The van der Waals surface area contributed by atoms with Gasteiger partial charge in [0, 0.05) is 12.1 Å². The van der Waals surface area contributed by atoms with E-state index in [-0.39, 0.29) is 24.0 Å². The van der Waals surface area contributed by atoms with E-state index in [2.05, 4.69) is 11.7 Å². The van der Waals surface area contributed by atoms with Crippen LogP contribution in [0.1, 0.15) is 28.1 Å². The fourth-order valence-electron chi connectivity index (χ4n) is 3.98. The zero-order valence-electron chi connectivity index (χ0n) is 17.7. The van der Waals surface area contributed by atoms with Crippen molar-refractivity contribution >= 4 is 11.9 Å². The van der Waals surface area contributed by atoms with Crippen molar-refractivity contribution < 1.29 is 23.5 Å². The van der Waals surface area contributed by atoms with Gasteiger partial charge >= 0.3 is 5.97 Å². The highest BCUT2D eigenvalue weighted by atomic mass is 19.1. The molecule has 1 aromatic heterocycles. The normalized spacial score (nSPS) is 17.6. The maximum absolute atomic E-state index is 13.5. The maximum Gasteiger partial charge on any atom is 0.333 e. The number of ether oxygens (including phenoxy) is 2. The molecule has 1 amide bonds. The average Bonchev–Trinajstić information content (AvgIpc) is 3.26. The van der Waals surface area contributed by atoms with Gasteiger partial charge in [0.1, 0.15) is 17.3 Å². The second kappa shape index (κ2) is 8.66. The first-order valence-corrected chi connectivity index (χ1v) is 9.97. The molecule has 1 aliphatic rings. The molecule has 4 rings (SSSR count). The van der Waals surface area contributed by atoms with Crippen LogP contribution >= 0.6 is 0 Å². The van der Waals surface area contributed by atoms with Crippen molar-refractivity contribution in [1.82, 2.24) is 14.7 Å². The van der Waals surface area contributed by atoms with E-state index in [4.69, 9.17) is 9.47 Å². The lowest BCUT2D eigenvalue weighted by atomic mass is 9.94. The molecule has 8 heteroatoms. The molecule has 164 valence electrons. The first-order valence-electron chi connectivity index (χ1n) is 9.97. The van der Waals surface area contributed by atoms with Crippen LogP contribution in [0.3, 0.4) is 0 Å². The number of carbonyl (C=O) groups is 2. The summed E-state index contributed by atoms with van der Waals surface area (Å²) in [5, 5.41) is 4.55. The molecule has 0 spiro atoms. The van der Waals surface area contributed by atoms with Crippen LogP contribution in [0, 0.1) is 5.82 Å². The molecule has 2 heterocycles. The lowest BCUT2D eigenvalue weighted by Crippen LogP contribution is -2.48. The molecule has 1 aliphatic heterocycles. The molecule has 32 heavy (non-hydrogen) atoms. The summed E-state index contributed by atoms with van der Waals surface area (Å²) in [6.45, 7) is 3.98. The Bertz CT molecular complexity index is 1170. The Kier molecular flexibility index (Phi) is 5.77. The topological polar surface area (TPSA) is 73.7 Å². The van der Waals surface area contributed by atoms with E-state index in [1.54, 1.807) is 54.5 Å². The summed E-state index contributed by atoms with van der Waals surface area (Å²) in [6.07, 6.45) is 1.60. The molecule has 2 aromatic carbocycles. The van der Waals surface area contributed by atoms with Gasteiger partial charge in [-0.05, 0) is 48.0 Å². The molecule has 7 nitrogen and oxygen atoms in total. The van der Waals surface area contributed by atoms with Crippen LogP contribution in [0.15, 0.2) is 67.3 Å². The highest BCUT2D eigenvalue weighted by Gasteiger charge is 2.46. The zero-order chi connectivity index (χ0) is 22.8. The van der Waals surface area contributed by atoms with E-state index in [0.29, 0.717) is 22.6 Å². The van der Waals surface area contributed by atoms with Crippen molar-refractivity contribution in [2.24, 2.45) is 0 Å². The van der Waals surface area contributed by atoms with Gasteiger partial charge < -0.3 is 14.4 Å². The summed E-state index contributed by atoms with van der Waals surface area (Å²) in [7, 11) is 2.84. The predicted molar refractivity (Wildman–Crippen MR) is 116 cm³/mol. The Hall–Kier alpha value is -3.94. The largest absolute Gasteiger partial charge is 0.497 e. The van der Waals surface area contributed by atoms with E-state index in [0.717, 1.165) is 0 Å². The number of benzene rings is 2. The number of fused-ring (bicyclic) bond motifs is 1. The van der Waals surface area contributed by atoms with E-state index < -0.39 is 18.1 Å². The summed E-state index contributed by atoms with van der Waals surface area (Å²) in [5.74, 6) is -0.639. The quantitative estimate of drug-likeness (QED) is 0.435. The van der Waals surface area contributed by atoms with Crippen LogP contribution in [0.25, 0.3) is 11.3 Å². The minimum atomic E-state index is -0.936. The molecule has 3 aromatic rings. The lowest BCUT2D eigenvalue weighted by Gasteiger charge is -2.40. The van der Waals surface area contributed by atoms with E-state index >= 15 is 0 Å². The summed E-state index contributed by atoms with van der Waals surface area (Å²) in [6, 6.07) is 12.9. The van der Waals surface area contributed by atoms with Crippen LogP contribution in [0.2, 0.25) is 0 Å². The Labute approximate surface area is 184 Å². The molecule has 0 fully saturated rings. The monoisotopic (exact) mass is 435 g/mol. The Morgan fingerprint density at radius 2 is 1.94 bits per heavy atom. The number of rotatable bonds is 6. The fourth-order valence-corrected chi connectivity index (χ4v) is 3.98. The zero-order valence-corrected chi connectivity index (χ0v) is 17.7. The van der Waals surface area contributed by atoms with Crippen molar-refractivity contribution in [3.8, 4) is 17.0 Å². The molecule has 0 N–H and O–H groups in total. The molecule has 0 unspecified atom stereocenters. The van der Waals surface area contributed by atoms with Crippen LogP contribution in [0.4, 0.5) is 4.39 Å². The number of nitrogens with zero attached hydrogens (tertiary/aromatic N) is 3. The number of amides is 1. The van der Waals surface area contributed by atoms with Gasteiger partial charge in [0.05, 0.1) is 26.0 Å². The molecule has 0 radical (unpaired) electrons. The smallest absolute Gasteiger partial charge is 0.333 e. The lowest BCUT2D eigenvalue weighted by molar-refractivity contribution is -0.147. The van der Waals surface area contributed by atoms with Gasteiger partial charge in [0.25, 0.3) is 5.91 Å². The summed E-state index contributed by atoms with van der Waals surface area (Å²) >= 11 is 0. The van der Waals surface area contributed by atoms with Crippen molar-refractivity contribution in [3.63, 3.8) is 0 Å². The Balaban J connectivity index is 1.91. The molecule has 0 aliphatic carbocycles. The van der Waals surface area contributed by atoms with Crippen molar-refractivity contribution in [2.45, 2.75) is 12.1 Å². The van der Waals surface area contributed by atoms with E-state index in [9.17, 15) is 14.0 Å². The highest BCUT2D eigenvalue weighted by Crippen LogP contribution is 2.40. The van der Waals surface area contributed by atoms with E-state index in [1.165, 1.54) is 23.9 Å². The number of aromatic nitrogens is 2. The van der Waals surface area contributed by atoms with Gasteiger partial charge in [0.15, 0.2) is 6.04 Å². The first kappa shape index (κ1) is 21.3. The summed E-state index contributed by atoms with van der Waals surface area (Å²) in [4.78, 5) is 28.0.